The monoisotopic (exact) mass is 258 g/mol. The maximum atomic E-state index is 6.37. The van der Waals surface area contributed by atoms with Crippen LogP contribution in [0.2, 0.25) is 0 Å². The Morgan fingerprint density at radius 1 is 1.05 bits per heavy atom. The summed E-state index contributed by atoms with van der Waals surface area (Å²) >= 11 is 0. The van der Waals surface area contributed by atoms with Gasteiger partial charge in [-0.2, -0.15) is 0 Å². The number of hydrogen-bond acceptors (Lipinski definition) is 2. The molecule has 1 saturated heterocycles. The van der Waals surface area contributed by atoms with Gasteiger partial charge in [0.25, 0.3) is 0 Å². The lowest BCUT2D eigenvalue weighted by molar-refractivity contribution is 0.158. The van der Waals surface area contributed by atoms with Crippen molar-refractivity contribution < 1.29 is 0 Å². The summed E-state index contributed by atoms with van der Waals surface area (Å²) in [7, 11) is 0. The molecule has 1 unspecified atom stereocenters. The normalized spacial score (nSPS) is 23.4. The van der Waals surface area contributed by atoms with Crippen molar-refractivity contribution in [1.82, 2.24) is 4.90 Å². The van der Waals surface area contributed by atoms with Crippen LogP contribution in [0.25, 0.3) is 0 Å². The van der Waals surface area contributed by atoms with E-state index in [4.69, 9.17) is 5.73 Å². The lowest BCUT2D eigenvalue weighted by Crippen LogP contribution is -2.40. The van der Waals surface area contributed by atoms with Crippen molar-refractivity contribution >= 4 is 0 Å². The largest absolute Gasteiger partial charge is 0.327 e. The van der Waals surface area contributed by atoms with E-state index < -0.39 is 0 Å². The third kappa shape index (κ3) is 3.80. The molecule has 0 spiro atoms. The number of nitrogens with two attached hydrogens (primary N) is 1. The first-order valence-corrected chi connectivity index (χ1v) is 7.83. The van der Waals surface area contributed by atoms with Gasteiger partial charge < -0.3 is 5.73 Å². The second-order valence-electron chi connectivity index (χ2n) is 6.44. The lowest BCUT2D eigenvalue weighted by Gasteiger charge is -2.34. The van der Waals surface area contributed by atoms with Gasteiger partial charge in [-0.1, -0.05) is 43.2 Å². The Bertz CT molecular complexity index is 378. The van der Waals surface area contributed by atoms with E-state index in [0.717, 1.165) is 18.4 Å². The molecule has 1 aromatic carbocycles. The van der Waals surface area contributed by atoms with E-state index in [-0.39, 0.29) is 0 Å². The molecule has 2 heteroatoms. The number of piperidine rings is 1. The number of benzene rings is 1. The maximum absolute atomic E-state index is 6.37. The van der Waals surface area contributed by atoms with Gasteiger partial charge >= 0.3 is 0 Å². The lowest BCUT2D eigenvalue weighted by atomic mass is 9.87. The molecular weight excluding hydrogens is 232 g/mol. The average Bonchev–Trinajstić information content (AvgIpc) is 3.25. The van der Waals surface area contributed by atoms with Crippen LogP contribution in [0, 0.1) is 11.8 Å². The van der Waals surface area contributed by atoms with Crippen LogP contribution in [0.5, 0.6) is 0 Å². The third-order valence-electron chi connectivity index (χ3n) is 4.79. The van der Waals surface area contributed by atoms with Gasteiger partial charge in [0, 0.05) is 12.6 Å². The summed E-state index contributed by atoms with van der Waals surface area (Å²) in [4.78, 5) is 2.58. The molecule has 1 aliphatic carbocycles. The highest BCUT2D eigenvalue weighted by Gasteiger charge is 2.29. The molecule has 1 saturated carbocycles. The first kappa shape index (κ1) is 13.1. The van der Waals surface area contributed by atoms with Crippen LogP contribution < -0.4 is 5.73 Å². The quantitative estimate of drug-likeness (QED) is 0.879. The zero-order chi connectivity index (χ0) is 13.1. The Morgan fingerprint density at radius 3 is 2.37 bits per heavy atom. The van der Waals surface area contributed by atoms with E-state index in [0.29, 0.717) is 6.04 Å². The number of hydrogen-bond donors (Lipinski definition) is 1. The molecule has 19 heavy (non-hydrogen) atoms. The Balaban J connectivity index is 1.43. The minimum atomic E-state index is 0.464. The fourth-order valence-corrected chi connectivity index (χ4v) is 3.31. The molecule has 2 fully saturated rings. The van der Waals surface area contributed by atoms with E-state index in [9.17, 15) is 0 Å². The molecule has 2 nitrogen and oxygen atoms in total. The Kier molecular flexibility index (Phi) is 4.19. The standard InChI is InChI=1S/C17H26N2/c18-17(12-14-6-7-14)16-8-10-19(11-9-16)13-15-4-2-1-3-5-15/h1-5,14,16-17H,6-13,18H2. The summed E-state index contributed by atoms with van der Waals surface area (Å²) < 4.78 is 0. The number of nitrogens with zero attached hydrogens (tertiary/aromatic N) is 1. The highest BCUT2D eigenvalue weighted by molar-refractivity contribution is 5.14. The highest BCUT2D eigenvalue weighted by Crippen LogP contribution is 2.36. The second-order valence-corrected chi connectivity index (χ2v) is 6.44. The minimum Gasteiger partial charge on any atom is -0.327 e. The van der Waals surface area contributed by atoms with E-state index in [1.54, 1.807) is 0 Å². The summed E-state index contributed by atoms with van der Waals surface area (Å²) in [5, 5.41) is 0. The van der Waals surface area contributed by atoms with Gasteiger partial charge in [0.2, 0.25) is 0 Å². The smallest absolute Gasteiger partial charge is 0.0233 e. The molecular formula is C17H26N2. The van der Waals surface area contributed by atoms with Crippen molar-refractivity contribution in [3.63, 3.8) is 0 Å². The molecule has 104 valence electrons. The van der Waals surface area contributed by atoms with Crippen LogP contribution in [0.15, 0.2) is 30.3 Å². The number of rotatable bonds is 5. The van der Waals surface area contributed by atoms with Gasteiger partial charge in [0.05, 0.1) is 0 Å². The van der Waals surface area contributed by atoms with Crippen LogP contribution >= 0.6 is 0 Å². The summed E-state index contributed by atoms with van der Waals surface area (Å²) in [6, 6.07) is 11.3. The summed E-state index contributed by atoms with van der Waals surface area (Å²) in [6.07, 6.45) is 6.73. The Morgan fingerprint density at radius 2 is 1.74 bits per heavy atom. The van der Waals surface area contributed by atoms with Crippen molar-refractivity contribution in [2.24, 2.45) is 17.6 Å². The molecule has 0 bridgehead atoms. The summed E-state index contributed by atoms with van der Waals surface area (Å²) in [5.41, 5.74) is 7.80. The Labute approximate surface area is 117 Å². The van der Waals surface area contributed by atoms with E-state index in [2.05, 4.69) is 35.2 Å². The zero-order valence-corrected chi connectivity index (χ0v) is 11.8. The van der Waals surface area contributed by atoms with Crippen LogP contribution in [-0.4, -0.2) is 24.0 Å². The van der Waals surface area contributed by atoms with Crippen molar-refractivity contribution in [2.75, 3.05) is 13.1 Å². The fourth-order valence-electron chi connectivity index (χ4n) is 3.31. The first-order valence-electron chi connectivity index (χ1n) is 7.83. The average molecular weight is 258 g/mol. The van der Waals surface area contributed by atoms with Gasteiger partial charge in [-0.3, -0.25) is 4.90 Å². The maximum Gasteiger partial charge on any atom is 0.0233 e. The van der Waals surface area contributed by atoms with Crippen LogP contribution in [-0.2, 0) is 6.54 Å². The molecule has 2 N–H and O–H groups in total. The van der Waals surface area contributed by atoms with Crippen LogP contribution in [0.1, 0.15) is 37.7 Å². The molecule has 0 amide bonds. The fraction of sp³-hybridized carbons (Fsp3) is 0.647. The predicted molar refractivity (Wildman–Crippen MR) is 79.8 cm³/mol. The van der Waals surface area contributed by atoms with Gasteiger partial charge in [0.1, 0.15) is 0 Å². The van der Waals surface area contributed by atoms with E-state index in [1.165, 1.54) is 50.8 Å². The van der Waals surface area contributed by atoms with Crippen LogP contribution in [0.4, 0.5) is 0 Å². The molecule has 1 heterocycles. The van der Waals surface area contributed by atoms with E-state index >= 15 is 0 Å². The molecule has 0 radical (unpaired) electrons. The van der Waals surface area contributed by atoms with E-state index in [1.807, 2.05) is 0 Å². The summed E-state index contributed by atoms with van der Waals surface area (Å²) in [5.74, 6) is 1.74. The predicted octanol–water partition coefficient (Wildman–Crippen LogP) is 3.03. The van der Waals surface area contributed by atoms with Gasteiger partial charge in [0.15, 0.2) is 0 Å². The van der Waals surface area contributed by atoms with Gasteiger partial charge in [-0.25, -0.2) is 0 Å². The SMILES string of the molecule is NC(CC1CC1)C1CCN(Cc2ccccc2)CC1. The van der Waals surface area contributed by atoms with Crippen molar-refractivity contribution in [3.05, 3.63) is 35.9 Å². The van der Waals surface area contributed by atoms with Gasteiger partial charge in [-0.15, -0.1) is 0 Å². The topological polar surface area (TPSA) is 29.3 Å². The summed E-state index contributed by atoms with van der Waals surface area (Å²) in [6.45, 7) is 3.54. The minimum absolute atomic E-state index is 0.464. The molecule has 0 aromatic heterocycles. The molecule has 1 aromatic rings. The highest BCUT2D eigenvalue weighted by atomic mass is 15.1. The number of likely N-dealkylation sites (tertiary alicyclic amines) is 1. The van der Waals surface area contributed by atoms with Crippen molar-refractivity contribution in [1.29, 1.82) is 0 Å². The molecule has 1 aliphatic heterocycles. The van der Waals surface area contributed by atoms with Crippen molar-refractivity contribution in [2.45, 2.75) is 44.7 Å². The molecule has 2 aliphatic rings. The molecule has 3 rings (SSSR count). The Hall–Kier alpha value is -0.860. The van der Waals surface area contributed by atoms with Crippen molar-refractivity contribution in [3.8, 4) is 0 Å². The first-order chi connectivity index (χ1) is 9.31. The zero-order valence-electron chi connectivity index (χ0n) is 11.8. The van der Waals surface area contributed by atoms with Crippen LogP contribution in [0.3, 0.4) is 0 Å². The second kappa shape index (κ2) is 6.06. The van der Waals surface area contributed by atoms with Gasteiger partial charge in [-0.05, 0) is 49.8 Å². The third-order valence-corrected chi connectivity index (χ3v) is 4.79. The molecule has 1 atom stereocenters.